The molecule has 32 heavy (non-hydrogen) atoms. The Bertz CT molecular complexity index is 1070. The Morgan fingerprint density at radius 1 is 1.16 bits per heavy atom. The maximum atomic E-state index is 13.4. The first-order valence-corrected chi connectivity index (χ1v) is 11.1. The predicted molar refractivity (Wildman–Crippen MR) is 120 cm³/mol. The fourth-order valence-corrected chi connectivity index (χ4v) is 5.02. The van der Waals surface area contributed by atoms with Gasteiger partial charge >= 0.3 is 6.03 Å². The molecule has 168 valence electrons. The molecule has 2 aromatic rings. The summed E-state index contributed by atoms with van der Waals surface area (Å²) >= 11 is 0. The molecule has 2 unspecified atom stereocenters. The molecule has 0 saturated carbocycles. The Morgan fingerprint density at radius 3 is 2.56 bits per heavy atom. The van der Waals surface area contributed by atoms with E-state index in [1.165, 1.54) is 0 Å². The van der Waals surface area contributed by atoms with Crippen LogP contribution in [-0.2, 0) is 4.79 Å². The molecule has 1 saturated heterocycles. The van der Waals surface area contributed by atoms with E-state index < -0.39 is 0 Å². The number of carbonyl (C=O) groups is 2. The van der Waals surface area contributed by atoms with Crippen molar-refractivity contribution in [2.45, 2.75) is 20.3 Å². The number of likely N-dealkylation sites (tertiary alicyclic amines) is 1. The normalized spacial score (nSPS) is 22.5. The number of hydrogen-bond donors (Lipinski definition) is 0. The molecule has 0 N–H and O–H groups in total. The number of ether oxygens (including phenoxy) is 1. The monoisotopic (exact) mass is 436 g/mol. The van der Waals surface area contributed by atoms with Gasteiger partial charge in [-0.2, -0.15) is 5.10 Å². The van der Waals surface area contributed by atoms with Crippen LogP contribution >= 0.6 is 0 Å². The second-order valence-corrected chi connectivity index (χ2v) is 8.96. The average Bonchev–Trinajstić information content (AvgIpc) is 3.43. The molecule has 9 heteroatoms. The third kappa shape index (κ3) is 3.41. The van der Waals surface area contributed by atoms with Crippen molar-refractivity contribution in [1.82, 2.24) is 19.6 Å². The van der Waals surface area contributed by atoms with Crippen LogP contribution in [0.1, 0.15) is 25.8 Å². The van der Waals surface area contributed by atoms with Crippen molar-refractivity contribution in [3.63, 3.8) is 0 Å². The molecule has 2 atom stereocenters. The summed E-state index contributed by atoms with van der Waals surface area (Å²) in [7, 11) is 1.62. The van der Waals surface area contributed by atoms with Crippen LogP contribution < -0.4 is 9.64 Å². The molecule has 0 bridgehead atoms. The van der Waals surface area contributed by atoms with Gasteiger partial charge in [0.1, 0.15) is 18.1 Å². The molecule has 4 heterocycles. The van der Waals surface area contributed by atoms with Gasteiger partial charge in [0.25, 0.3) is 0 Å². The molecule has 1 aromatic heterocycles. The highest BCUT2D eigenvalue weighted by Gasteiger charge is 2.42. The van der Waals surface area contributed by atoms with E-state index in [1.807, 2.05) is 29.2 Å². The highest BCUT2D eigenvalue weighted by Crippen LogP contribution is 2.33. The highest BCUT2D eigenvalue weighted by molar-refractivity contribution is 6.20. The molecule has 3 amide bonds. The van der Waals surface area contributed by atoms with Gasteiger partial charge in [-0.05, 0) is 42.5 Å². The molecule has 3 aliphatic rings. The Morgan fingerprint density at radius 2 is 1.88 bits per heavy atom. The van der Waals surface area contributed by atoms with Crippen molar-refractivity contribution in [3.05, 3.63) is 36.0 Å². The molecule has 0 radical (unpaired) electrons. The topological polar surface area (TPSA) is 83.3 Å². The number of hydrogen-bond acceptors (Lipinski definition) is 5. The number of fused-ring (bicyclic) bond motifs is 3. The number of amides is 3. The number of urea groups is 1. The van der Waals surface area contributed by atoms with E-state index in [1.54, 1.807) is 27.8 Å². The standard InChI is InChI=1S/C23H28N6O3/c1-15-10-16(2)13-26(12-15)20(30)14-28-22-19(21-24-8-9-27(21)23(28)31)11-25-29(22)17-4-6-18(32-3)7-5-17/h4-7,11,15-16H,8-10,12-14H2,1-3H3. The number of amidine groups is 1. The minimum Gasteiger partial charge on any atom is -0.497 e. The second kappa shape index (κ2) is 7.96. The van der Waals surface area contributed by atoms with E-state index in [2.05, 4.69) is 23.9 Å². The lowest BCUT2D eigenvalue weighted by atomic mass is 9.92. The van der Waals surface area contributed by atoms with Gasteiger partial charge in [-0.1, -0.05) is 13.8 Å². The highest BCUT2D eigenvalue weighted by atomic mass is 16.5. The van der Waals surface area contributed by atoms with Crippen molar-refractivity contribution >= 4 is 23.6 Å². The summed E-state index contributed by atoms with van der Waals surface area (Å²) in [6.45, 7) is 6.86. The van der Waals surface area contributed by atoms with Crippen molar-refractivity contribution in [2.24, 2.45) is 16.8 Å². The Hall–Kier alpha value is -3.36. The predicted octanol–water partition coefficient (Wildman–Crippen LogP) is 2.39. The van der Waals surface area contributed by atoms with Gasteiger partial charge < -0.3 is 9.64 Å². The number of methoxy groups -OCH3 is 1. The van der Waals surface area contributed by atoms with Gasteiger partial charge in [-0.25, -0.2) is 9.48 Å². The first-order valence-electron chi connectivity index (χ1n) is 11.1. The van der Waals surface area contributed by atoms with Gasteiger partial charge in [0, 0.05) is 19.6 Å². The minimum absolute atomic E-state index is 0.0170. The zero-order valence-corrected chi connectivity index (χ0v) is 18.7. The number of nitrogens with zero attached hydrogens (tertiary/aromatic N) is 6. The fourth-order valence-electron chi connectivity index (χ4n) is 5.02. The summed E-state index contributed by atoms with van der Waals surface area (Å²) in [6.07, 6.45) is 2.85. The Labute approximate surface area is 187 Å². The number of benzene rings is 1. The van der Waals surface area contributed by atoms with E-state index in [4.69, 9.17) is 4.74 Å². The zero-order valence-electron chi connectivity index (χ0n) is 18.7. The third-order valence-electron chi connectivity index (χ3n) is 6.37. The molecule has 3 aliphatic heterocycles. The van der Waals surface area contributed by atoms with E-state index in [9.17, 15) is 9.59 Å². The molecule has 1 aromatic carbocycles. The van der Waals surface area contributed by atoms with E-state index in [0.29, 0.717) is 36.6 Å². The van der Waals surface area contributed by atoms with Crippen LogP contribution in [0.15, 0.2) is 35.5 Å². The van der Waals surface area contributed by atoms with Crippen molar-refractivity contribution in [3.8, 4) is 11.4 Å². The van der Waals surface area contributed by atoms with E-state index in [0.717, 1.165) is 36.5 Å². The minimum atomic E-state index is -0.226. The second-order valence-electron chi connectivity index (χ2n) is 8.96. The van der Waals surface area contributed by atoms with Crippen LogP contribution in [0.2, 0.25) is 0 Å². The van der Waals surface area contributed by atoms with Crippen molar-refractivity contribution in [2.75, 3.05) is 44.7 Å². The van der Waals surface area contributed by atoms with Crippen LogP contribution in [0.4, 0.5) is 10.6 Å². The maximum absolute atomic E-state index is 13.4. The van der Waals surface area contributed by atoms with Crippen LogP contribution in [-0.4, -0.2) is 77.2 Å². The smallest absolute Gasteiger partial charge is 0.331 e. The van der Waals surface area contributed by atoms with Crippen LogP contribution in [0.25, 0.3) is 5.69 Å². The lowest BCUT2D eigenvalue weighted by Crippen LogP contribution is -2.54. The SMILES string of the molecule is COc1ccc(-n2ncc3c2N(CC(=O)N2CC(C)CC(C)C2)C(=O)N2CCN=C32)cc1. The summed E-state index contributed by atoms with van der Waals surface area (Å²) < 4.78 is 6.97. The maximum Gasteiger partial charge on any atom is 0.331 e. The Balaban J connectivity index is 1.51. The van der Waals surface area contributed by atoms with Gasteiger partial charge in [-0.3, -0.25) is 19.6 Å². The zero-order chi connectivity index (χ0) is 22.4. The summed E-state index contributed by atoms with van der Waals surface area (Å²) in [6, 6.07) is 7.23. The third-order valence-corrected chi connectivity index (χ3v) is 6.37. The largest absolute Gasteiger partial charge is 0.497 e. The van der Waals surface area contributed by atoms with E-state index in [-0.39, 0.29) is 18.5 Å². The van der Waals surface area contributed by atoms with Crippen LogP contribution in [0, 0.1) is 11.8 Å². The summed E-state index contributed by atoms with van der Waals surface area (Å²) in [4.78, 5) is 36.4. The summed E-state index contributed by atoms with van der Waals surface area (Å²) in [5.41, 5.74) is 1.55. The number of aromatic nitrogens is 2. The molecule has 9 nitrogen and oxygen atoms in total. The molecular weight excluding hydrogens is 408 g/mol. The van der Waals surface area contributed by atoms with Crippen molar-refractivity contribution in [1.29, 1.82) is 0 Å². The van der Waals surface area contributed by atoms with Crippen LogP contribution in [0.5, 0.6) is 5.75 Å². The average molecular weight is 437 g/mol. The number of anilines is 1. The Kier molecular flexibility index (Phi) is 5.11. The van der Waals surface area contributed by atoms with Crippen LogP contribution in [0.3, 0.4) is 0 Å². The molecule has 0 spiro atoms. The molecule has 5 rings (SSSR count). The quantitative estimate of drug-likeness (QED) is 0.737. The van der Waals surface area contributed by atoms with Gasteiger partial charge in [0.15, 0.2) is 5.82 Å². The molecular formula is C23H28N6O3. The fraction of sp³-hybridized carbons (Fsp3) is 0.478. The molecule has 0 aliphatic carbocycles. The lowest BCUT2D eigenvalue weighted by molar-refractivity contribution is -0.132. The number of aliphatic imine (C=N–C) groups is 1. The van der Waals surface area contributed by atoms with Gasteiger partial charge in [0.2, 0.25) is 5.91 Å². The number of piperidine rings is 1. The first-order chi connectivity index (χ1) is 15.5. The van der Waals surface area contributed by atoms with Gasteiger partial charge in [0.05, 0.1) is 31.1 Å². The van der Waals surface area contributed by atoms with Gasteiger partial charge in [-0.15, -0.1) is 0 Å². The number of rotatable bonds is 4. The van der Waals surface area contributed by atoms with E-state index >= 15 is 0 Å². The van der Waals surface area contributed by atoms with Crippen molar-refractivity contribution < 1.29 is 14.3 Å². The number of carbonyl (C=O) groups excluding carboxylic acids is 2. The first kappa shape index (κ1) is 20.5. The summed E-state index contributed by atoms with van der Waals surface area (Å²) in [5.74, 6) is 2.83. The summed E-state index contributed by atoms with van der Waals surface area (Å²) in [5, 5.41) is 4.56. The lowest BCUT2D eigenvalue weighted by Gasteiger charge is -2.38. The molecule has 1 fully saturated rings.